The number of carbonyl (C=O) groups excluding carboxylic acids is 1. The van der Waals surface area contributed by atoms with Gasteiger partial charge in [-0.15, -0.1) is 0 Å². The van der Waals surface area contributed by atoms with Crippen LogP contribution in [0.4, 0.5) is 11.5 Å². The molecule has 2 rings (SSSR count). The minimum absolute atomic E-state index is 0.190. The lowest BCUT2D eigenvalue weighted by molar-refractivity contribution is 0.102. The summed E-state index contributed by atoms with van der Waals surface area (Å²) in [4.78, 5) is 16.4. The monoisotopic (exact) mass is 275 g/mol. The van der Waals surface area contributed by atoms with E-state index in [1.807, 2.05) is 6.92 Å². The summed E-state index contributed by atoms with van der Waals surface area (Å²) in [6.45, 7) is 1.84. The second kappa shape index (κ2) is 5.71. The summed E-state index contributed by atoms with van der Waals surface area (Å²) in [5, 5.41) is 6.31. The minimum Gasteiger partial charge on any atom is -0.373 e. The van der Waals surface area contributed by atoms with Crippen LogP contribution in [0.2, 0.25) is 5.02 Å². The van der Waals surface area contributed by atoms with Gasteiger partial charge in [-0.05, 0) is 37.3 Å². The lowest BCUT2D eigenvalue weighted by Crippen LogP contribution is -2.13. The van der Waals surface area contributed by atoms with Crippen LogP contribution >= 0.6 is 11.6 Å². The zero-order valence-corrected chi connectivity index (χ0v) is 11.5. The first-order valence-electron chi connectivity index (χ1n) is 5.82. The number of nitrogens with one attached hydrogen (secondary N) is 2. The topological polar surface area (TPSA) is 54.0 Å². The first kappa shape index (κ1) is 13.4. The summed E-state index contributed by atoms with van der Waals surface area (Å²) in [5.74, 6) is 0.473. The molecule has 0 radical (unpaired) electrons. The number of halogens is 1. The van der Waals surface area contributed by atoms with Crippen LogP contribution in [0.1, 0.15) is 16.1 Å². The van der Waals surface area contributed by atoms with Crippen LogP contribution in [0, 0.1) is 6.92 Å². The highest BCUT2D eigenvalue weighted by molar-refractivity contribution is 6.30. The maximum Gasteiger partial charge on any atom is 0.255 e. The molecule has 0 atom stereocenters. The number of hydrogen-bond acceptors (Lipinski definition) is 3. The number of anilines is 2. The number of benzene rings is 1. The van der Waals surface area contributed by atoms with Gasteiger partial charge in [0.2, 0.25) is 0 Å². The summed E-state index contributed by atoms with van der Waals surface area (Å²) in [7, 11) is 1.76. The molecule has 0 aliphatic heterocycles. The fourth-order valence-electron chi connectivity index (χ4n) is 1.70. The predicted octanol–water partition coefficient (Wildman–Crippen LogP) is 3.34. The van der Waals surface area contributed by atoms with Crippen LogP contribution in [0.15, 0.2) is 36.4 Å². The van der Waals surface area contributed by atoms with Crippen LogP contribution in [0.3, 0.4) is 0 Å². The van der Waals surface area contributed by atoms with Gasteiger partial charge < -0.3 is 10.6 Å². The number of carbonyl (C=O) groups is 1. The Hall–Kier alpha value is -2.07. The molecular weight excluding hydrogens is 262 g/mol. The first-order chi connectivity index (χ1) is 9.08. The van der Waals surface area contributed by atoms with Crippen molar-refractivity contribution in [3.63, 3.8) is 0 Å². The summed E-state index contributed by atoms with van der Waals surface area (Å²) in [6.07, 6.45) is 0. The third-order valence-corrected chi connectivity index (χ3v) is 2.79. The van der Waals surface area contributed by atoms with Crippen LogP contribution in [0.25, 0.3) is 0 Å². The number of hydrogen-bond donors (Lipinski definition) is 2. The van der Waals surface area contributed by atoms with Crippen molar-refractivity contribution in [1.82, 2.24) is 4.98 Å². The number of amides is 1. The van der Waals surface area contributed by atoms with Crippen LogP contribution in [-0.2, 0) is 0 Å². The van der Waals surface area contributed by atoms with Crippen LogP contribution < -0.4 is 10.6 Å². The third kappa shape index (κ3) is 3.45. The molecule has 0 fully saturated rings. The lowest BCUT2D eigenvalue weighted by Gasteiger charge is -2.08. The molecule has 5 heteroatoms. The molecule has 1 aromatic heterocycles. The molecule has 1 heterocycles. The Morgan fingerprint density at radius 1 is 1.26 bits per heavy atom. The average Bonchev–Trinajstić information content (AvgIpc) is 2.38. The number of aryl methyl sites for hydroxylation is 1. The van der Waals surface area contributed by atoms with Crippen molar-refractivity contribution < 1.29 is 4.79 Å². The van der Waals surface area contributed by atoms with Gasteiger partial charge in [-0.1, -0.05) is 17.7 Å². The summed E-state index contributed by atoms with van der Waals surface area (Å²) < 4.78 is 0. The van der Waals surface area contributed by atoms with Crippen molar-refractivity contribution in [3.05, 3.63) is 52.7 Å². The van der Waals surface area contributed by atoms with Gasteiger partial charge in [0.1, 0.15) is 5.82 Å². The Morgan fingerprint density at radius 2 is 2.05 bits per heavy atom. The van der Waals surface area contributed by atoms with Gasteiger partial charge in [-0.3, -0.25) is 4.79 Å². The van der Waals surface area contributed by atoms with E-state index < -0.39 is 0 Å². The van der Waals surface area contributed by atoms with E-state index in [4.69, 9.17) is 11.6 Å². The Morgan fingerprint density at radius 3 is 2.74 bits per heavy atom. The highest BCUT2D eigenvalue weighted by atomic mass is 35.5. The third-order valence-electron chi connectivity index (χ3n) is 2.55. The molecule has 1 amide bonds. The first-order valence-corrected chi connectivity index (χ1v) is 6.19. The molecule has 2 N–H and O–H groups in total. The average molecular weight is 276 g/mol. The van der Waals surface area contributed by atoms with Crippen molar-refractivity contribution >= 4 is 29.0 Å². The Labute approximate surface area is 116 Å². The van der Waals surface area contributed by atoms with E-state index >= 15 is 0 Å². The zero-order valence-electron chi connectivity index (χ0n) is 10.7. The fourth-order valence-corrected chi connectivity index (χ4v) is 1.89. The molecule has 0 unspecified atom stereocenters. The van der Waals surface area contributed by atoms with Crippen LogP contribution in [-0.4, -0.2) is 17.9 Å². The maximum atomic E-state index is 12.1. The molecular formula is C14H14ClN3O. The van der Waals surface area contributed by atoms with E-state index in [0.29, 0.717) is 22.1 Å². The van der Waals surface area contributed by atoms with Gasteiger partial charge in [0.15, 0.2) is 0 Å². The Kier molecular flexibility index (Phi) is 4.02. The second-order valence-corrected chi connectivity index (χ2v) is 4.53. The van der Waals surface area contributed by atoms with Crippen molar-refractivity contribution in [2.75, 3.05) is 17.7 Å². The molecule has 0 bridgehead atoms. The number of aromatic nitrogens is 1. The lowest BCUT2D eigenvalue weighted by atomic mass is 10.2. The molecule has 1 aromatic carbocycles. The molecule has 4 nitrogen and oxygen atoms in total. The summed E-state index contributed by atoms with van der Waals surface area (Å²) in [5.41, 5.74) is 2.00. The van der Waals surface area contributed by atoms with E-state index in [9.17, 15) is 4.79 Å². The van der Waals surface area contributed by atoms with E-state index in [1.165, 1.54) is 0 Å². The second-order valence-electron chi connectivity index (χ2n) is 4.10. The van der Waals surface area contributed by atoms with Gasteiger partial charge in [-0.2, -0.15) is 0 Å². The van der Waals surface area contributed by atoms with E-state index in [0.717, 1.165) is 5.69 Å². The smallest absolute Gasteiger partial charge is 0.255 e. The van der Waals surface area contributed by atoms with Crippen molar-refractivity contribution in [3.8, 4) is 0 Å². The number of rotatable bonds is 3. The van der Waals surface area contributed by atoms with Crippen molar-refractivity contribution in [1.29, 1.82) is 0 Å². The molecule has 0 aliphatic rings. The van der Waals surface area contributed by atoms with Crippen molar-refractivity contribution in [2.24, 2.45) is 0 Å². The summed E-state index contributed by atoms with van der Waals surface area (Å²) >= 11 is 5.88. The van der Waals surface area contributed by atoms with Crippen LogP contribution in [0.5, 0.6) is 0 Å². The fraction of sp³-hybridized carbons (Fsp3) is 0.143. The largest absolute Gasteiger partial charge is 0.373 e. The molecule has 0 spiro atoms. The SMILES string of the molecule is CNc1cc(C(=O)Nc2cccc(Cl)c2)cc(C)n1. The van der Waals surface area contributed by atoms with Gasteiger partial charge in [0.05, 0.1) is 0 Å². The number of pyridine rings is 1. The molecule has 98 valence electrons. The minimum atomic E-state index is -0.190. The van der Waals surface area contributed by atoms with E-state index in [-0.39, 0.29) is 5.91 Å². The zero-order chi connectivity index (χ0) is 13.8. The predicted molar refractivity (Wildman–Crippen MR) is 77.9 cm³/mol. The molecule has 0 aliphatic carbocycles. The van der Waals surface area contributed by atoms with Gasteiger partial charge in [-0.25, -0.2) is 4.98 Å². The highest BCUT2D eigenvalue weighted by Crippen LogP contribution is 2.17. The Balaban J connectivity index is 2.22. The molecule has 2 aromatic rings. The normalized spacial score (nSPS) is 10.1. The van der Waals surface area contributed by atoms with Gasteiger partial charge >= 0.3 is 0 Å². The maximum absolute atomic E-state index is 12.1. The van der Waals surface area contributed by atoms with E-state index in [1.54, 1.807) is 43.4 Å². The van der Waals surface area contributed by atoms with Gasteiger partial charge in [0, 0.05) is 29.0 Å². The number of nitrogens with zero attached hydrogens (tertiary/aromatic N) is 1. The molecule has 0 saturated carbocycles. The standard InChI is InChI=1S/C14H14ClN3O/c1-9-6-10(7-13(16-2)17-9)14(19)18-12-5-3-4-11(15)8-12/h3-8H,1-2H3,(H,16,17)(H,18,19). The molecule has 0 saturated heterocycles. The summed E-state index contributed by atoms with van der Waals surface area (Å²) in [6, 6.07) is 10.5. The van der Waals surface area contributed by atoms with Gasteiger partial charge in [0.25, 0.3) is 5.91 Å². The van der Waals surface area contributed by atoms with Crippen molar-refractivity contribution in [2.45, 2.75) is 6.92 Å². The molecule has 19 heavy (non-hydrogen) atoms. The van der Waals surface area contributed by atoms with E-state index in [2.05, 4.69) is 15.6 Å². The quantitative estimate of drug-likeness (QED) is 0.903. The highest BCUT2D eigenvalue weighted by Gasteiger charge is 2.08. The Bertz CT molecular complexity index is 613.